The summed E-state index contributed by atoms with van der Waals surface area (Å²) >= 11 is 0. The van der Waals surface area contributed by atoms with Crippen LogP contribution in [0.1, 0.15) is 18.1 Å². The molecule has 1 aromatic rings. The van der Waals surface area contributed by atoms with E-state index < -0.39 is 0 Å². The van der Waals surface area contributed by atoms with Crippen LogP contribution in [0.5, 0.6) is 0 Å². The van der Waals surface area contributed by atoms with E-state index in [-0.39, 0.29) is 6.04 Å². The van der Waals surface area contributed by atoms with Crippen LogP contribution in [-0.2, 0) is 6.42 Å². The van der Waals surface area contributed by atoms with E-state index in [0.29, 0.717) is 0 Å². The first-order valence-corrected chi connectivity index (χ1v) is 3.99. The third-order valence-corrected chi connectivity index (χ3v) is 1.64. The molecule has 0 bridgehead atoms. The van der Waals surface area contributed by atoms with Crippen LogP contribution in [0.25, 0.3) is 0 Å². The van der Waals surface area contributed by atoms with Gasteiger partial charge in [0.05, 0.1) is 0 Å². The monoisotopic (exact) mass is 150 g/mol. The topological polar surface area (TPSA) is 26.0 Å². The summed E-state index contributed by atoms with van der Waals surface area (Å²) in [5.74, 6) is 0. The highest BCUT2D eigenvalue weighted by Crippen LogP contribution is 2.05. The van der Waals surface area contributed by atoms with Crippen molar-refractivity contribution in [2.24, 2.45) is 5.73 Å². The molecule has 1 atom stereocenters. The molecule has 0 aliphatic carbocycles. The van der Waals surface area contributed by atoms with Crippen molar-refractivity contribution in [3.8, 4) is 0 Å². The highest BCUT2D eigenvalue weighted by Gasteiger charge is 1.96. The van der Waals surface area contributed by atoms with Gasteiger partial charge >= 0.3 is 0 Å². The maximum Gasteiger partial charge on any atom is 0.00509 e. The summed E-state index contributed by atoms with van der Waals surface area (Å²) in [7, 11) is 0. The maximum atomic E-state index is 5.67. The lowest BCUT2D eigenvalue weighted by Crippen LogP contribution is -2.17. The first-order valence-electron chi connectivity index (χ1n) is 3.99. The quantitative estimate of drug-likeness (QED) is 0.684. The summed E-state index contributed by atoms with van der Waals surface area (Å²) in [5, 5.41) is 0. The molecule has 0 aliphatic rings. The fourth-order valence-corrected chi connectivity index (χ4v) is 1.21. The highest BCUT2D eigenvalue weighted by atomic mass is 14.6. The average Bonchev–Trinajstić information content (AvgIpc) is 1.85. The summed E-state index contributed by atoms with van der Waals surface area (Å²) in [4.78, 5) is 0. The fraction of sp³-hybridized carbons (Fsp3) is 0.400. The summed E-state index contributed by atoms with van der Waals surface area (Å²) in [6.07, 6.45) is 0.974. The van der Waals surface area contributed by atoms with Gasteiger partial charge in [0.1, 0.15) is 0 Å². The van der Waals surface area contributed by atoms with Crippen LogP contribution in [0.3, 0.4) is 0 Å². The molecule has 0 saturated carbocycles. The van der Waals surface area contributed by atoms with Crippen molar-refractivity contribution in [2.75, 3.05) is 0 Å². The standard InChI is InChI=1S/C10H15N/c1-8-4-3-5-10(6-8)7-9(2)11/h3-6,9H,7,11H2,1-2H3/i5+1. The van der Waals surface area contributed by atoms with Crippen LogP contribution >= 0.6 is 0 Å². The molecule has 0 aromatic heterocycles. The van der Waals surface area contributed by atoms with Crippen molar-refractivity contribution < 1.29 is 0 Å². The van der Waals surface area contributed by atoms with E-state index in [9.17, 15) is 0 Å². The van der Waals surface area contributed by atoms with E-state index in [4.69, 9.17) is 5.73 Å². The third kappa shape index (κ3) is 2.72. The van der Waals surface area contributed by atoms with Gasteiger partial charge in [-0.25, -0.2) is 0 Å². The summed E-state index contributed by atoms with van der Waals surface area (Å²) in [6.45, 7) is 4.13. The number of hydrogen-bond acceptors (Lipinski definition) is 1. The molecular weight excluding hydrogens is 135 g/mol. The van der Waals surface area contributed by atoms with Gasteiger partial charge in [0.2, 0.25) is 0 Å². The SMILES string of the molecule is Cc1cc[13cH]c(CC(C)N)c1. The molecule has 0 radical (unpaired) electrons. The Hall–Kier alpha value is -0.820. The molecule has 0 spiro atoms. The van der Waals surface area contributed by atoms with Crippen molar-refractivity contribution >= 4 is 0 Å². The van der Waals surface area contributed by atoms with Crippen molar-refractivity contribution in [2.45, 2.75) is 26.3 Å². The molecule has 2 N–H and O–H groups in total. The predicted molar refractivity (Wildman–Crippen MR) is 48.5 cm³/mol. The van der Waals surface area contributed by atoms with Gasteiger partial charge in [-0.3, -0.25) is 0 Å². The number of benzene rings is 1. The molecule has 0 aliphatic heterocycles. The maximum absolute atomic E-state index is 5.67. The number of aryl methyl sites for hydroxylation is 1. The van der Waals surface area contributed by atoms with Crippen molar-refractivity contribution in [1.29, 1.82) is 0 Å². The van der Waals surface area contributed by atoms with Gasteiger partial charge in [0.15, 0.2) is 0 Å². The van der Waals surface area contributed by atoms with Gasteiger partial charge in [-0.15, -0.1) is 0 Å². The van der Waals surface area contributed by atoms with E-state index in [2.05, 4.69) is 31.2 Å². The smallest absolute Gasteiger partial charge is 0.00509 e. The lowest BCUT2D eigenvalue weighted by atomic mass is 10.1. The van der Waals surface area contributed by atoms with Crippen LogP contribution in [0, 0.1) is 6.92 Å². The number of rotatable bonds is 2. The van der Waals surface area contributed by atoms with Crippen LogP contribution in [-0.4, -0.2) is 6.04 Å². The molecule has 60 valence electrons. The second-order valence-corrected chi connectivity index (χ2v) is 3.17. The van der Waals surface area contributed by atoms with Crippen molar-refractivity contribution in [1.82, 2.24) is 0 Å². The molecule has 1 heteroatoms. The van der Waals surface area contributed by atoms with E-state index in [1.54, 1.807) is 0 Å². The Balaban J connectivity index is 2.71. The van der Waals surface area contributed by atoms with Gasteiger partial charge in [-0.05, 0) is 25.8 Å². The largest absolute Gasteiger partial charge is 0.328 e. The summed E-state index contributed by atoms with van der Waals surface area (Å²) in [5.41, 5.74) is 8.32. The van der Waals surface area contributed by atoms with E-state index in [1.165, 1.54) is 11.1 Å². The molecule has 0 fully saturated rings. The Kier molecular flexibility index (Phi) is 2.66. The van der Waals surface area contributed by atoms with Crippen LogP contribution < -0.4 is 5.73 Å². The molecule has 1 rings (SSSR count). The van der Waals surface area contributed by atoms with Gasteiger partial charge in [0.25, 0.3) is 0 Å². The highest BCUT2D eigenvalue weighted by molar-refractivity contribution is 5.22. The normalized spacial score (nSPS) is 13.0. The lowest BCUT2D eigenvalue weighted by Gasteiger charge is -2.04. The van der Waals surface area contributed by atoms with Crippen molar-refractivity contribution in [3.63, 3.8) is 0 Å². The van der Waals surface area contributed by atoms with Gasteiger partial charge < -0.3 is 5.73 Å². The Morgan fingerprint density at radius 3 is 2.73 bits per heavy atom. The minimum atomic E-state index is 0.261. The Morgan fingerprint density at radius 1 is 1.45 bits per heavy atom. The fourth-order valence-electron chi connectivity index (χ4n) is 1.21. The summed E-state index contributed by atoms with van der Waals surface area (Å²) < 4.78 is 0. The first-order chi connectivity index (χ1) is 5.18. The van der Waals surface area contributed by atoms with E-state index >= 15 is 0 Å². The molecule has 0 saturated heterocycles. The minimum Gasteiger partial charge on any atom is -0.328 e. The zero-order valence-electron chi connectivity index (χ0n) is 7.17. The second kappa shape index (κ2) is 3.54. The molecule has 11 heavy (non-hydrogen) atoms. The molecule has 1 aromatic carbocycles. The Labute approximate surface area is 68.2 Å². The minimum absolute atomic E-state index is 0.261. The van der Waals surface area contributed by atoms with Gasteiger partial charge in [-0.1, -0.05) is 29.8 Å². The van der Waals surface area contributed by atoms with Gasteiger partial charge in [0, 0.05) is 6.04 Å². The Morgan fingerprint density at radius 2 is 2.18 bits per heavy atom. The zero-order chi connectivity index (χ0) is 8.27. The van der Waals surface area contributed by atoms with Gasteiger partial charge in [-0.2, -0.15) is 0 Å². The third-order valence-electron chi connectivity index (χ3n) is 1.64. The first kappa shape index (κ1) is 8.28. The van der Waals surface area contributed by atoms with E-state index in [1.807, 2.05) is 6.92 Å². The second-order valence-electron chi connectivity index (χ2n) is 3.17. The number of hydrogen-bond donors (Lipinski definition) is 1. The molecule has 1 nitrogen and oxygen atoms in total. The van der Waals surface area contributed by atoms with Crippen LogP contribution in [0.4, 0.5) is 0 Å². The summed E-state index contributed by atoms with van der Waals surface area (Å²) in [6, 6.07) is 8.74. The molecule has 0 heterocycles. The molecule has 0 amide bonds. The molecular formula is C10H15N. The average molecular weight is 150 g/mol. The van der Waals surface area contributed by atoms with E-state index in [0.717, 1.165) is 6.42 Å². The van der Waals surface area contributed by atoms with Crippen LogP contribution in [0.2, 0.25) is 0 Å². The predicted octanol–water partition coefficient (Wildman–Crippen LogP) is 1.88. The van der Waals surface area contributed by atoms with Crippen LogP contribution in [0.15, 0.2) is 24.3 Å². The molecule has 1 unspecified atom stereocenters. The van der Waals surface area contributed by atoms with Crippen molar-refractivity contribution in [3.05, 3.63) is 35.4 Å². The number of nitrogens with two attached hydrogens (primary N) is 1. The zero-order valence-corrected chi connectivity index (χ0v) is 7.17. The Bertz CT molecular complexity index is 228. The lowest BCUT2D eigenvalue weighted by molar-refractivity contribution is 0.738.